The minimum Gasteiger partial charge on any atom is -0.350 e. The monoisotopic (exact) mass is 372 g/mol. The van der Waals surface area contributed by atoms with Crippen LogP contribution in [0.4, 0.5) is 5.82 Å². The molecule has 8 heteroatoms. The van der Waals surface area contributed by atoms with Gasteiger partial charge in [0.2, 0.25) is 0 Å². The van der Waals surface area contributed by atoms with E-state index in [0.717, 1.165) is 43.1 Å². The molecule has 7 nitrogen and oxygen atoms in total. The summed E-state index contributed by atoms with van der Waals surface area (Å²) in [7, 11) is 1.77. The van der Waals surface area contributed by atoms with Gasteiger partial charge in [0.1, 0.15) is 0 Å². The van der Waals surface area contributed by atoms with Crippen LogP contribution in [0, 0.1) is 13.8 Å². The van der Waals surface area contributed by atoms with Gasteiger partial charge in [0.15, 0.2) is 10.8 Å². The molecule has 4 rings (SSSR count). The average Bonchev–Trinajstić information content (AvgIpc) is 3.10. The van der Waals surface area contributed by atoms with Crippen molar-refractivity contribution < 1.29 is 0 Å². The Morgan fingerprint density at radius 3 is 3.08 bits per heavy atom. The molecule has 0 amide bonds. The summed E-state index contributed by atoms with van der Waals surface area (Å²) in [5.74, 6) is 0.554. The molecule has 26 heavy (non-hydrogen) atoms. The van der Waals surface area contributed by atoms with Crippen LogP contribution in [0.3, 0.4) is 0 Å². The number of imidazole rings is 1. The third-order valence-corrected chi connectivity index (χ3v) is 5.92. The lowest BCUT2D eigenvalue weighted by molar-refractivity contribution is 0.416. The van der Waals surface area contributed by atoms with E-state index in [1.807, 2.05) is 0 Å². The first-order valence-electron chi connectivity index (χ1n) is 8.97. The molecule has 3 aromatic rings. The number of nitrogens with zero attached hydrogens (tertiary/aromatic N) is 5. The van der Waals surface area contributed by atoms with Crippen LogP contribution >= 0.6 is 11.3 Å². The molecule has 0 unspecified atom stereocenters. The van der Waals surface area contributed by atoms with Gasteiger partial charge < -0.3 is 14.8 Å². The van der Waals surface area contributed by atoms with E-state index >= 15 is 0 Å². The summed E-state index contributed by atoms with van der Waals surface area (Å²) in [5.41, 5.74) is 2.26. The smallest absolute Gasteiger partial charge is 0.293 e. The molecule has 0 radical (unpaired) electrons. The summed E-state index contributed by atoms with van der Waals surface area (Å²) < 4.78 is 3.78. The van der Waals surface area contributed by atoms with Crippen molar-refractivity contribution >= 4 is 22.1 Å². The molecule has 0 saturated carbocycles. The van der Waals surface area contributed by atoms with Gasteiger partial charge in [-0.2, -0.15) is 0 Å². The minimum atomic E-state index is -0.0322. The third-order valence-electron chi connectivity index (χ3n) is 5.02. The Morgan fingerprint density at radius 1 is 1.38 bits per heavy atom. The van der Waals surface area contributed by atoms with Crippen LogP contribution in [-0.4, -0.2) is 38.1 Å². The van der Waals surface area contributed by atoms with Crippen molar-refractivity contribution in [3.63, 3.8) is 0 Å². The van der Waals surface area contributed by atoms with Gasteiger partial charge in [0, 0.05) is 56.2 Å². The fraction of sp³-hybridized carbons (Fsp3) is 0.500. The summed E-state index contributed by atoms with van der Waals surface area (Å²) in [6, 6.07) is 0.333. The van der Waals surface area contributed by atoms with Crippen molar-refractivity contribution in [1.82, 2.24) is 24.3 Å². The van der Waals surface area contributed by atoms with Crippen molar-refractivity contribution in [2.75, 3.05) is 18.0 Å². The highest BCUT2D eigenvalue weighted by Gasteiger charge is 2.23. The zero-order chi connectivity index (χ0) is 18.3. The molecule has 1 saturated heterocycles. The summed E-state index contributed by atoms with van der Waals surface area (Å²) in [5, 5.41) is 3.67. The zero-order valence-corrected chi connectivity index (χ0v) is 16.2. The fourth-order valence-corrected chi connectivity index (χ4v) is 4.49. The van der Waals surface area contributed by atoms with E-state index < -0.39 is 0 Å². The quantitative estimate of drug-likeness (QED) is 0.757. The molecule has 3 aromatic heterocycles. The molecule has 0 aromatic carbocycles. The Hall–Kier alpha value is -2.19. The maximum absolute atomic E-state index is 12.3. The Morgan fingerprint density at radius 2 is 2.23 bits per heavy atom. The van der Waals surface area contributed by atoms with Crippen molar-refractivity contribution in [3.05, 3.63) is 45.2 Å². The molecule has 4 heterocycles. The first-order chi connectivity index (χ1) is 12.5. The number of nitrogens with one attached hydrogen (secondary N) is 1. The van der Waals surface area contributed by atoms with Gasteiger partial charge in [0.25, 0.3) is 5.56 Å². The van der Waals surface area contributed by atoms with Gasteiger partial charge in [-0.15, -0.1) is 11.3 Å². The molecule has 0 spiro atoms. The predicted octanol–water partition coefficient (Wildman–Crippen LogP) is 1.86. The number of fused-ring (bicyclic) bond motifs is 1. The Bertz CT molecular complexity index is 987. The van der Waals surface area contributed by atoms with Gasteiger partial charge >= 0.3 is 0 Å². The summed E-state index contributed by atoms with van der Waals surface area (Å²) in [6.45, 7) is 6.64. The number of hydrogen-bond acceptors (Lipinski definition) is 6. The largest absolute Gasteiger partial charge is 0.350 e. The molecule has 1 aliphatic rings. The van der Waals surface area contributed by atoms with Gasteiger partial charge in [-0.1, -0.05) is 0 Å². The molecule has 1 atom stereocenters. The summed E-state index contributed by atoms with van der Waals surface area (Å²) >= 11 is 1.72. The Balaban J connectivity index is 1.47. The highest BCUT2D eigenvalue weighted by Crippen LogP contribution is 2.21. The molecular weight excluding hydrogens is 348 g/mol. The SMILES string of the molecule is Cc1cn2c(CN[C@H]3CCCN(c4nccn(C)c4=O)C3)c(C)nc2s1. The van der Waals surface area contributed by atoms with Crippen LogP contribution in [0.5, 0.6) is 0 Å². The normalized spacial score (nSPS) is 18.0. The zero-order valence-electron chi connectivity index (χ0n) is 15.4. The molecular formula is C18H24N6OS. The van der Waals surface area contributed by atoms with Gasteiger partial charge in [0.05, 0.1) is 11.4 Å². The van der Waals surface area contributed by atoms with Crippen molar-refractivity contribution in [2.45, 2.75) is 39.3 Å². The van der Waals surface area contributed by atoms with E-state index in [9.17, 15) is 4.79 Å². The average molecular weight is 372 g/mol. The van der Waals surface area contributed by atoms with Crippen LogP contribution < -0.4 is 15.8 Å². The number of anilines is 1. The van der Waals surface area contributed by atoms with E-state index in [4.69, 9.17) is 0 Å². The van der Waals surface area contributed by atoms with E-state index in [0.29, 0.717) is 11.9 Å². The van der Waals surface area contributed by atoms with Crippen LogP contribution in [0.25, 0.3) is 4.96 Å². The molecule has 0 bridgehead atoms. The number of piperidine rings is 1. The van der Waals surface area contributed by atoms with Gasteiger partial charge in [-0.3, -0.25) is 9.20 Å². The van der Waals surface area contributed by atoms with Gasteiger partial charge in [-0.25, -0.2) is 9.97 Å². The lowest BCUT2D eigenvalue weighted by atomic mass is 10.1. The second-order valence-electron chi connectivity index (χ2n) is 6.97. The molecule has 0 aliphatic carbocycles. The van der Waals surface area contributed by atoms with E-state index in [-0.39, 0.29) is 5.56 Å². The summed E-state index contributed by atoms with van der Waals surface area (Å²) in [6.07, 6.45) is 7.70. The molecule has 138 valence electrons. The molecule has 1 fully saturated rings. The highest BCUT2D eigenvalue weighted by atomic mass is 32.1. The summed E-state index contributed by atoms with van der Waals surface area (Å²) in [4.78, 5) is 25.7. The van der Waals surface area contributed by atoms with Gasteiger partial charge in [-0.05, 0) is 26.7 Å². The third kappa shape index (κ3) is 3.14. The number of thiazole rings is 1. The van der Waals surface area contributed by atoms with E-state index in [1.165, 1.54) is 10.6 Å². The lowest BCUT2D eigenvalue weighted by Crippen LogP contribution is -2.47. The van der Waals surface area contributed by atoms with Crippen molar-refractivity contribution in [1.29, 1.82) is 0 Å². The van der Waals surface area contributed by atoms with Crippen LogP contribution in [0.2, 0.25) is 0 Å². The standard InChI is InChI=1S/C18H24N6OS/c1-12-10-24-15(13(2)21-18(24)26-12)9-20-14-5-4-7-23(11-14)16-17(25)22(3)8-6-19-16/h6,8,10,14,20H,4-5,7,9,11H2,1-3H3/t14-/m0/s1. The Kier molecular flexibility index (Phi) is 4.54. The minimum absolute atomic E-state index is 0.0322. The topological polar surface area (TPSA) is 67.5 Å². The van der Waals surface area contributed by atoms with E-state index in [2.05, 4.69) is 44.6 Å². The molecule has 1 N–H and O–H groups in total. The first-order valence-corrected chi connectivity index (χ1v) is 9.78. The second-order valence-corrected chi connectivity index (χ2v) is 8.18. The van der Waals surface area contributed by atoms with Crippen LogP contribution in [0.1, 0.15) is 29.1 Å². The lowest BCUT2D eigenvalue weighted by Gasteiger charge is -2.33. The number of aromatic nitrogens is 4. The predicted molar refractivity (Wildman–Crippen MR) is 104 cm³/mol. The van der Waals surface area contributed by atoms with Crippen molar-refractivity contribution in [3.8, 4) is 0 Å². The maximum Gasteiger partial charge on any atom is 0.293 e. The Labute approximate surface area is 156 Å². The van der Waals surface area contributed by atoms with E-state index in [1.54, 1.807) is 35.3 Å². The molecule has 1 aliphatic heterocycles. The number of hydrogen-bond donors (Lipinski definition) is 1. The van der Waals surface area contributed by atoms with Crippen molar-refractivity contribution in [2.24, 2.45) is 7.05 Å². The number of rotatable bonds is 4. The first kappa shape index (κ1) is 17.2. The fourth-order valence-electron chi connectivity index (χ4n) is 3.60. The number of aryl methyl sites for hydroxylation is 3. The van der Waals surface area contributed by atoms with Crippen LogP contribution in [-0.2, 0) is 13.6 Å². The highest BCUT2D eigenvalue weighted by molar-refractivity contribution is 7.17. The van der Waals surface area contributed by atoms with Crippen LogP contribution in [0.15, 0.2) is 23.4 Å². The second kappa shape index (κ2) is 6.85. The maximum atomic E-state index is 12.3.